The molecule has 0 saturated carbocycles. The number of Topliss-reactive ketones (excluding diaryl/α,β-unsaturated/α-hetero) is 1. The molecule has 0 spiro atoms. The van der Waals surface area contributed by atoms with Gasteiger partial charge in [0.25, 0.3) is 0 Å². The van der Waals surface area contributed by atoms with Crippen LogP contribution < -0.4 is 0 Å². The Labute approximate surface area is 109 Å². The van der Waals surface area contributed by atoms with Crippen molar-refractivity contribution in [3.05, 3.63) is 35.4 Å². The van der Waals surface area contributed by atoms with Crippen LogP contribution in [-0.4, -0.2) is 41.0 Å². The van der Waals surface area contributed by atoms with E-state index >= 15 is 0 Å². The Hall–Kier alpha value is -1.19. The lowest BCUT2D eigenvalue weighted by molar-refractivity contribution is 0.0438. The van der Waals surface area contributed by atoms with Gasteiger partial charge in [-0.2, -0.15) is 0 Å². The molecule has 0 heterocycles. The summed E-state index contributed by atoms with van der Waals surface area (Å²) in [7, 11) is 1.87. The lowest BCUT2D eigenvalue weighted by Gasteiger charge is -2.37. The summed E-state index contributed by atoms with van der Waals surface area (Å²) < 4.78 is 0. The molecular formula is C15H23NO2. The van der Waals surface area contributed by atoms with Gasteiger partial charge in [-0.05, 0) is 34.7 Å². The van der Waals surface area contributed by atoms with Crippen LogP contribution in [0.1, 0.15) is 36.7 Å². The molecule has 0 saturated heterocycles. The third kappa shape index (κ3) is 3.18. The van der Waals surface area contributed by atoms with E-state index in [2.05, 4.69) is 0 Å². The zero-order valence-electron chi connectivity index (χ0n) is 11.9. The van der Waals surface area contributed by atoms with Gasteiger partial charge in [-0.3, -0.25) is 9.69 Å². The molecule has 1 unspecified atom stereocenters. The number of nitrogens with zero attached hydrogens (tertiary/aromatic N) is 1. The third-order valence-corrected chi connectivity index (χ3v) is 3.64. The monoisotopic (exact) mass is 249 g/mol. The Kier molecular flexibility index (Phi) is 4.65. The first-order valence-corrected chi connectivity index (χ1v) is 6.24. The summed E-state index contributed by atoms with van der Waals surface area (Å²) in [4.78, 5) is 14.2. The highest BCUT2D eigenvalue weighted by atomic mass is 16.3. The molecule has 1 aromatic rings. The molecule has 1 aromatic carbocycles. The molecule has 1 rings (SSSR count). The molecule has 0 amide bonds. The number of ketones is 1. The number of benzene rings is 1. The van der Waals surface area contributed by atoms with Gasteiger partial charge in [-0.15, -0.1) is 0 Å². The number of hydrogen-bond donors (Lipinski definition) is 1. The number of aliphatic hydroxyl groups is 1. The first-order valence-electron chi connectivity index (χ1n) is 6.24. The Morgan fingerprint density at radius 3 is 2.28 bits per heavy atom. The van der Waals surface area contributed by atoms with E-state index in [0.29, 0.717) is 5.56 Å². The number of aliphatic hydroxyl groups excluding tert-OH is 1. The van der Waals surface area contributed by atoms with Gasteiger partial charge in [-0.1, -0.05) is 29.8 Å². The normalized spacial score (nSPS) is 13.7. The van der Waals surface area contributed by atoms with Crippen molar-refractivity contribution >= 4 is 5.78 Å². The van der Waals surface area contributed by atoms with Crippen molar-refractivity contribution in [2.75, 3.05) is 13.7 Å². The minimum atomic E-state index is -0.403. The van der Waals surface area contributed by atoms with E-state index in [9.17, 15) is 9.90 Å². The SMILES string of the molecule is Cc1ccc(C(=O)C(C)N(C)C(C)(C)CO)cc1. The molecule has 3 heteroatoms. The predicted octanol–water partition coefficient (Wildman–Crippen LogP) is 2.27. The average Bonchev–Trinajstić information content (AvgIpc) is 2.37. The molecule has 0 radical (unpaired) electrons. The summed E-state index contributed by atoms with van der Waals surface area (Å²) in [5.74, 6) is 0.0824. The third-order valence-electron chi connectivity index (χ3n) is 3.64. The quantitative estimate of drug-likeness (QED) is 0.814. The first kappa shape index (κ1) is 14.9. The predicted molar refractivity (Wildman–Crippen MR) is 73.9 cm³/mol. The van der Waals surface area contributed by atoms with E-state index in [-0.39, 0.29) is 18.4 Å². The fourth-order valence-corrected chi connectivity index (χ4v) is 1.77. The van der Waals surface area contributed by atoms with Gasteiger partial charge in [0.2, 0.25) is 0 Å². The topological polar surface area (TPSA) is 40.5 Å². The van der Waals surface area contributed by atoms with Crippen LogP contribution in [0.2, 0.25) is 0 Å². The first-order chi connectivity index (χ1) is 8.29. The smallest absolute Gasteiger partial charge is 0.179 e. The van der Waals surface area contributed by atoms with Crippen LogP contribution in [0.5, 0.6) is 0 Å². The van der Waals surface area contributed by atoms with Crippen molar-refractivity contribution < 1.29 is 9.90 Å². The van der Waals surface area contributed by atoms with E-state index in [4.69, 9.17) is 0 Å². The van der Waals surface area contributed by atoms with Crippen LogP contribution in [-0.2, 0) is 0 Å². The maximum absolute atomic E-state index is 12.3. The van der Waals surface area contributed by atoms with Crippen LogP contribution in [0.15, 0.2) is 24.3 Å². The van der Waals surface area contributed by atoms with Gasteiger partial charge in [0, 0.05) is 11.1 Å². The van der Waals surface area contributed by atoms with Gasteiger partial charge >= 0.3 is 0 Å². The van der Waals surface area contributed by atoms with Crippen molar-refractivity contribution in [3.8, 4) is 0 Å². The van der Waals surface area contributed by atoms with Crippen LogP contribution in [0.3, 0.4) is 0 Å². The van der Waals surface area contributed by atoms with E-state index in [0.717, 1.165) is 5.56 Å². The maximum atomic E-state index is 12.3. The van der Waals surface area contributed by atoms with Crippen LogP contribution >= 0.6 is 0 Å². The van der Waals surface area contributed by atoms with Crippen molar-refractivity contribution in [2.24, 2.45) is 0 Å². The highest BCUT2D eigenvalue weighted by Crippen LogP contribution is 2.18. The lowest BCUT2D eigenvalue weighted by atomic mass is 9.97. The van der Waals surface area contributed by atoms with Gasteiger partial charge in [0.15, 0.2) is 5.78 Å². The average molecular weight is 249 g/mol. The van der Waals surface area contributed by atoms with Gasteiger partial charge in [-0.25, -0.2) is 0 Å². The fourth-order valence-electron chi connectivity index (χ4n) is 1.77. The van der Waals surface area contributed by atoms with Gasteiger partial charge in [0.1, 0.15) is 0 Å². The molecule has 0 fully saturated rings. The second-order valence-corrected chi connectivity index (χ2v) is 5.49. The molecule has 0 aromatic heterocycles. The summed E-state index contributed by atoms with van der Waals surface area (Å²) in [6.45, 7) is 7.74. The van der Waals surface area contributed by atoms with Crippen LogP contribution in [0, 0.1) is 6.92 Å². The standard InChI is InChI=1S/C15H23NO2/c1-11-6-8-13(9-7-11)14(18)12(2)16(5)15(3,4)10-17/h6-9,12,17H,10H2,1-5H3. The molecule has 1 N–H and O–H groups in total. The summed E-state index contributed by atoms with van der Waals surface area (Å²) in [5, 5.41) is 9.35. The number of hydrogen-bond acceptors (Lipinski definition) is 3. The van der Waals surface area contributed by atoms with E-state index in [1.807, 2.05) is 63.9 Å². The number of rotatable bonds is 5. The van der Waals surface area contributed by atoms with Crippen LogP contribution in [0.25, 0.3) is 0 Å². The Morgan fingerprint density at radius 1 is 1.33 bits per heavy atom. The van der Waals surface area contributed by atoms with Crippen LogP contribution in [0.4, 0.5) is 0 Å². The molecule has 3 nitrogen and oxygen atoms in total. The number of carbonyl (C=O) groups is 1. The zero-order chi connectivity index (χ0) is 13.9. The number of aryl methyl sites for hydroxylation is 1. The Balaban J connectivity index is 2.87. The molecule has 0 aliphatic heterocycles. The minimum absolute atomic E-state index is 0.0228. The molecule has 0 bridgehead atoms. The molecule has 18 heavy (non-hydrogen) atoms. The summed E-state index contributed by atoms with van der Waals surface area (Å²) >= 11 is 0. The highest BCUT2D eigenvalue weighted by molar-refractivity contribution is 5.99. The molecule has 0 aliphatic rings. The van der Waals surface area contributed by atoms with Gasteiger partial charge < -0.3 is 5.11 Å². The highest BCUT2D eigenvalue weighted by Gasteiger charge is 2.30. The van der Waals surface area contributed by atoms with E-state index < -0.39 is 5.54 Å². The Bertz CT molecular complexity index is 409. The second-order valence-electron chi connectivity index (χ2n) is 5.49. The molecule has 1 atom stereocenters. The zero-order valence-corrected chi connectivity index (χ0v) is 11.9. The van der Waals surface area contributed by atoms with Gasteiger partial charge in [0.05, 0.1) is 12.6 Å². The van der Waals surface area contributed by atoms with E-state index in [1.165, 1.54) is 0 Å². The van der Waals surface area contributed by atoms with E-state index in [1.54, 1.807) is 0 Å². The van der Waals surface area contributed by atoms with Crippen molar-refractivity contribution in [1.82, 2.24) is 4.90 Å². The van der Waals surface area contributed by atoms with Crippen molar-refractivity contribution in [1.29, 1.82) is 0 Å². The lowest BCUT2D eigenvalue weighted by Crippen LogP contribution is -2.51. The molecular weight excluding hydrogens is 226 g/mol. The molecule has 100 valence electrons. The second kappa shape index (κ2) is 5.63. The summed E-state index contributed by atoms with van der Waals surface area (Å²) in [5.41, 5.74) is 1.46. The molecule has 0 aliphatic carbocycles. The van der Waals surface area contributed by atoms with Crippen molar-refractivity contribution in [2.45, 2.75) is 39.3 Å². The number of likely N-dealkylation sites (N-methyl/N-ethyl adjacent to an activating group) is 1. The largest absolute Gasteiger partial charge is 0.394 e. The Morgan fingerprint density at radius 2 is 1.83 bits per heavy atom. The fraction of sp³-hybridized carbons (Fsp3) is 0.533. The summed E-state index contributed by atoms with van der Waals surface area (Å²) in [6.07, 6.45) is 0. The number of carbonyl (C=O) groups excluding carboxylic acids is 1. The summed E-state index contributed by atoms with van der Waals surface area (Å²) in [6, 6.07) is 7.34. The van der Waals surface area contributed by atoms with Crippen molar-refractivity contribution in [3.63, 3.8) is 0 Å². The minimum Gasteiger partial charge on any atom is -0.394 e. The maximum Gasteiger partial charge on any atom is 0.179 e.